The van der Waals surface area contributed by atoms with Gasteiger partial charge in [-0.3, -0.25) is 0 Å². The maximum atomic E-state index is 3.62. The van der Waals surface area contributed by atoms with Crippen LogP contribution >= 0.6 is 0 Å². The molecule has 2 saturated heterocycles. The highest BCUT2D eigenvalue weighted by Crippen LogP contribution is 2.22. The van der Waals surface area contributed by atoms with Crippen molar-refractivity contribution >= 4 is 0 Å². The molecule has 2 nitrogen and oxygen atoms in total. The van der Waals surface area contributed by atoms with E-state index >= 15 is 0 Å². The molecule has 0 bridgehead atoms. The van der Waals surface area contributed by atoms with Crippen molar-refractivity contribution in [2.75, 3.05) is 20.1 Å². The van der Waals surface area contributed by atoms with Gasteiger partial charge in [0, 0.05) is 12.1 Å². The number of hydrogen-bond donors (Lipinski definition) is 1. The molecule has 0 aromatic rings. The van der Waals surface area contributed by atoms with Crippen molar-refractivity contribution in [3.8, 4) is 0 Å². The number of piperidine rings is 1. The predicted octanol–water partition coefficient (Wildman–Crippen LogP) is 1.22. The molecule has 12 heavy (non-hydrogen) atoms. The molecule has 0 saturated carbocycles. The van der Waals surface area contributed by atoms with Gasteiger partial charge in [0.1, 0.15) is 0 Å². The highest BCUT2D eigenvalue weighted by Gasteiger charge is 2.28. The average molecular weight is 168 g/mol. The zero-order chi connectivity index (χ0) is 8.39. The summed E-state index contributed by atoms with van der Waals surface area (Å²) in [6.45, 7) is 2.55. The van der Waals surface area contributed by atoms with Crippen molar-refractivity contribution < 1.29 is 0 Å². The molecule has 0 aromatic heterocycles. The molecule has 2 aliphatic rings. The summed E-state index contributed by atoms with van der Waals surface area (Å²) in [7, 11) is 2.28. The summed E-state index contributed by atoms with van der Waals surface area (Å²) in [6.07, 6.45) is 7.03. The van der Waals surface area contributed by atoms with E-state index in [1.807, 2.05) is 0 Å². The minimum absolute atomic E-state index is 0.801. The molecule has 0 aromatic carbocycles. The van der Waals surface area contributed by atoms with Crippen LogP contribution in [-0.2, 0) is 0 Å². The largest absolute Gasteiger partial charge is 0.312 e. The zero-order valence-electron chi connectivity index (χ0n) is 8.05. The number of nitrogens with zero attached hydrogens (tertiary/aromatic N) is 1. The van der Waals surface area contributed by atoms with Crippen LogP contribution in [0.15, 0.2) is 0 Å². The summed E-state index contributed by atoms with van der Waals surface area (Å²) in [6, 6.07) is 1.64. The van der Waals surface area contributed by atoms with Crippen LogP contribution in [0, 0.1) is 0 Å². The monoisotopic (exact) mass is 168 g/mol. The van der Waals surface area contributed by atoms with Gasteiger partial charge < -0.3 is 10.2 Å². The Hall–Kier alpha value is -0.0800. The van der Waals surface area contributed by atoms with Crippen LogP contribution in [0.1, 0.15) is 32.1 Å². The van der Waals surface area contributed by atoms with E-state index in [2.05, 4.69) is 17.3 Å². The molecular weight excluding hydrogens is 148 g/mol. The second-order valence-electron chi connectivity index (χ2n) is 4.25. The van der Waals surface area contributed by atoms with Gasteiger partial charge in [0.15, 0.2) is 0 Å². The minimum atomic E-state index is 0.801. The van der Waals surface area contributed by atoms with Crippen LogP contribution in [-0.4, -0.2) is 37.1 Å². The summed E-state index contributed by atoms with van der Waals surface area (Å²) in [5.74, 6) is 0. The molecule has 2 atom stereocenters. The molecule has 2 aliphatic heterocycles. The number of rotatable bonds is 1. The lowest BCUT2D eigenvalue weighted by molar-refractivity contribution is 0.152. The Morgan fingerprint density at radius 1 is 1.17 bits per heavy atom. The van der Waals surface area contributed by atoms with Crippen LogP contribution in [0.5, 0.6) is 0 Å². The van der Waals surface area contributed by atoms with E-state index in [4.69, 9.17) is 0 Å². The molecule has 0 spiro atoms. The van der Waals surface area contributed by atoms with Crippen LogP contribution in [0.3, 0.4) is 0 Å². The highest BCUT2D eigenvalue weighted by molar-refractivity contribution is 4.89. The first-order valence-corrected chi connectivity index (χ1v) is 5.31. The highest BCUT2D eigenvalue weighted by atomic mass is 15.2. The molecule has 2 rings (SSSR count). The van der Waals surface area contributed by atoms with Crippen molar-refractivity contribution in [2.45, 2.75) is 44.2 Å². The smallest absolute Gasteiger partial charge is 0.0246 e. The van der Waals surface area contributed by atoms with Crippen LogP contribution in [0.25, 0.3) is 0 Å². The quantitative estimate of drug-likeness (QED) is 0.633. The van der Waals surface area contributed by atoms with Crippen LogP contribution in [0.2, 0.25) is 0 Å². The first kappa shape index (κ1) is 8.52. The van der Waals surface area contributed by atoms with Crippen LogP contribution in [0.4, 0.5) is 0 Å². The van der Waals surface area contributed by atoms with Gasteiger partial charge >= 0.3 is 0 Å². The Morgan fingerprint density at radius 3 is 2.75 bits per heavy atom. The Kier molecular flexibility index (Phi) is 2.66. The molecule has 2 heteroatoms. The van der Waals surface area contributed by atoms with E-state index in [9.17, 15) is 0 Å². The lowest BCUT2D eigenvalue weighted by atomic mass is 9.95. The van der Waals surface area contributed by atoms with E-state index in [1.54, 1.807) is 0 Å². The Labute approximate surface area is 75.3 Å². The molecule has 0 unspecified atom stereocenters. The third kappa shape index (κ3) is 1.64. The molecule has 0 amide bonds. The molecule has 2 fully saturated rings. The topological polar surface area (TPSA) is 15.3 Å². The molecule has 0 aliphatic carbocycles. The third-order valence-electron chi connectivity index (χ3n) is 3.39. The van der Waals surface area contributed by atoms with Gasteiger partial charge in [0.2, 0.25) is 0 Å². The number of likely N-dealkylation sites (N-methyl/N-ethyl adjacent to an activating group) is 1. The van der Waals surface area contributed by atoms with Crippen molar-refractivity contribution in [3.63, 3.8) is 0 Å². The Bertz CT molecular complexity index is 141. The third-order valence-corrected chi connectivity index (χ3v) is 3.39. The summed E-state index contributed by atoms with van der Waals surface area (Å²) in [5.41, 5.74) is 0. The van der Waals surface area contributed by atoms with Crippen molar-refractivity contribution in [1.29, 1.82) is 0 Å². The maximum absolute atomic E-state index is 3.62. The molecule has 1 N–H and O–H groups in total. The normalized spacial score (nSPS) is 38.8. The number of hydrogen-bond acceptors (Lipinski definition) is 2. The van der Waals surface area contributed by atoms with Crippen LogP contribution < -0.4 is 5.32 Å². The minimum Gasteiger partial charge on any atom is -0.312 e. The summed E-state index contributed by atoms with van der Waals surface area (Å²) >= 11 is 0. The van der Waals surface area contributed by atoms with E-state index in [0.29, 0.717) is 0 Å². The standard InChI is InChI=1S/C10H20N2/c1-12-8-3-2-6-10(12)9-5-4-7-11-9/h9-11H,2-8H2,1H3/t9-,10-/m1/s1. The summed E-state index contributed by atoms with van der Waals surface area (Å²) in [4.78, 5) is 2.55. The number of likely N-dealkylation sites (tertiary alicyclic amines) is 1. The van der Waals surface area contributed by atoms with Gasteiger partial charge in [-0.2, -0.15) is 0 Å². The van der Waals surface area contributed by atoms with Gasteiger partial charge in [-0.25, -0.2) is 0 Å². The van der Waals surface area contributed by atoms with Gasteiger partial charge in [-0.15, -0.1) is 0 Å². The molecule has 2 heterocycles. The fourth-order valence-corrected chi connectivity index (χ4v) is 2.65. The summed E-state index contributed by atoms with van der Waals surface area (Å²) < 4.78 is 0. The molecule has 70 valence electrons. The van der Waals surface area contributed by atoms with Gasteiger partial charge in [0.05, 0.1) is 0 Å². The molecule has 0 radical (unpaired) electrons. The number of nitrogens with one attached hydrogen (secondary N) is 1. The van der Waals surface area contributed by atoms with Crippen molar-refractivity contribution in [2.24, 2.45) is 0 Å². The first-order valence-electron chi connectivity index (χ1n) is 5.31. The Morgan fingerprint density at radius 2 is 2.08 bits per heavy atom. The lowest BCUT2D eigenvalue weighted by Gasteiger charge is -2.36. The SMILES string of the molecule is CN1CCCC[C@@H]1[C@H]1CCCN1. The summed E-state index contributed by atoms with van der Waals surface area (Å²) in [5, 5.41) is 3.62. The average Bonchev–Trinajstić information content (AvgIpc) is 2.57. The van der Waals surface area contributed by atoms with Crippen molar-refractivity contribution in [3.05, 3.63) is 0 Å². The van der Waals surface area contributed by atoms with E-state index in [1.165, 1.54) is 45.2 Å². The maximum Gasteiger partial charge on any atom is 0.0246 e. The second kappa shape index (κ2) is 3.75. The fourth-order valence-electron chi connectivity index (χ4n) is 2.65. The second-order valence-corrected chi connectivity index (χ2v) is 4.25. The zero-order valence-corrected chi connectivity index (χ0v) is 8.05. The van der Waals surface area contributed by atoms with Crippen molar-refractivity contribution in [1.82, 2.24) is 10.2 Å². The Balaban J connectivity index is 1.91. The fraction of sp³-hybridized carbons (Fsp3) is 1.00. The van der Waals surface area contributed by atoms with Gasteiger partial charge in [0.25, 0.3) is 0 Å². The first-order chi connectivity index (χ1) is 5.88. The van der Waals surface area contributed by atoms with Gasteiger partial charge in [-0.1, -0.05) is 6.42 Å². The van der Waals surface area contributed by atoms with E-state index in [0.717, 1.165) is 12.1 Å². The lowest BCUT2D eigenvalue weighted by Crippen LogP contribution is -2.48. The van der Waals surface area contributed by atoms with Gasteiger partial charge in [-0.05, 0) is 45.8 Å². The predicted molar refractivity (Wildman–Crippen MR) is 51.3 cm³/mol. The molecular formula is C10H20N2. The van der Waals surface area contributed by atoms with E-state index in [-0.39, 0.29) is 0 Å². The van der Waals surface area contributed by atoms with E-state index < -0.39 is 0 Å².